The molecule has 0 saturated heterocycles. The summed E-state index contributed by atoms with van der Waals surface area (Å²) in [6.45, 7) is 4.65. The Morgan fingerprint density at radius 3 is 2.45 bits per heavy atom. The van der Waals surface area contributed by atoms with Crippen LogP contribution >= 0.6 is 11.6 Å². The number of aryl methyl sites for hydroxylation is 2. The highest BCUT2D eigenvalue weighted by molar-refractivity contribution is 6.39. The van der Waals surface area contributed by atoms with E-state index in [1.807, 2.05) is 0 Å². The molecule has 31 heavy (non-hydrogen) atoms. The predicted octanol–water partition coefficient (Wildman–Crippen LogP) is 2.90. The summed E-state index contributed by atoms with van der Waals surface area (Å²) in [4.78, 5) is 32.3. The van der Waals surface area contributed by atoms with E-state index in [0.29, 0.717) is 23.0 Å². The Kier molecular flexibility index (Phi) is 6.04. The van der Waals surface area contributed by atoms with E-state index in [9.17, 15) is 18.4 Å². The van der Waals surface area contributed by atoms with Gasteiger partial charge in [0.25, 0.3) is 5.56 Å². The topological polar surface area (TPSA) is 74.1 Å². The molecule has 0 spiro atoms. The van der Waals surface area contributed by atoms with E-state index in [-0.39, 0.29) is 17.2 Å². The Bertz CT molecular complexity index is 1270. The molecule has 0 bridgehead atoms. The van der Waals surface area contributed by atoms with Gasteiger partial charge in [0.1, 0.15) is 49.5 Å². The molecule has 3 rings (SSSR count). The van der Waals surface area contributed by atoms with Crippen molar-refractivity contribution in [3.05, 3.63) is 80.2 Å². The summed E-state index contributed by atoms with van der Waals surface area (Å²) in [5.41, 5.74) is 0.269. The molecule has 154 valence electrons. The van der Waals surface area contributed by atoms with E-state index >= 15 is 0 Å². The molecule has 0 unspecified atom stereocenters. The van der Waals surface area contributed by atoms with Gasteiger partial charge in [-0.1, -0.05) is 11.6 Å². The van der Waals surface area contributed by atoms with Crippen molar-refractivity contribution < 1.29 is 18.3 Å². The molecule has 4 radical (unpaired) electrons. The number of aromatic nitrogens is 3. The van der Waals surface area contributed by atoms with Gasteiger partial charge in [0.2, 0.25) is 0 Å². The average molecular weight is 439 g/mol. The predicted molar refractivity (Wildman–Crippen MR) is 112 cm³/mol. The van der Waals surface area contributed by atoms with Crippen molar-refractivity contribution in [1.29, 1.82) is 0 Å². The Hall–Kier alpha value is -3.00. The molecule has 0 aliphatic rings. The Labute approximate surface area is 184 Å². The molecule has 0 saturated carbocycles. The van der Waals surface area contributed by atoms with Crippen LogP contribution in [-0.2, 0) is 5.40 Å². The van der Waals surface area contributed by atoms with E-state index in [1.165, 1.54) is 29.8 Å². The number of halogens is 3. The summed E-state index contributed by atoms with van der Waals surface area (Å²) in [6, 6.07) is 3.38. The molecule has 3 aromatic rings. The molecule has 0 amide bonds. The zero-order chi connectivity index (χ0) is 23.1. The molecule has 3 heterocycles. The second-order valence-electron chi connectivity index (χ2n) is 6.90. The summed E-state index contributed by atoms with van der Waals surface area (Å²) in [5.74, 6) is -2.56. The van der Waals surface area contributed by atoms with Gasteiger partial charge in [0.05, 0.1) is 17.3 Å². The minimum Gasteiger partial charge on any atom is -0.499 e. The number of pyridine rings is 3. The highest BCUT2D eigenvalue weighted by Crippen LogP contribution is 2.30. The fourth-order valence-corrected chi connectivity index (χ4v) is 3.11. The zero-order valence-electron chi connectivity index (χ0n) is 16.7. The van der Waals surface area contributed by atoms with Crippen molar-refractivity contribution in [3.63, 3.8) is 0 Å². The monoisotopic (exact) mass is 439 g/mol. The lowest BCUT2D eigenvalue weighted by Crippen LogP contribution is -2.37. The summed E-state index contributed by atoms with van der Waals surface area (Å²) < 4.78 is 33.9. The average Bonchev–Trinajstić information content (AvgIpc) is 2.66. The number of hydrogen-bond donors (Lipinski definition) is 0. The second-order valence-corrected chi connectivity index (χ2v) is 7.27. The number of nitrogens with zero attached hydrogens (tertiary/aromatic N) is 3. The molecule has 0 fully saturated rings. The van der Waals surface area contributed by atoms with E-state index < -0.39 is 33.3 Å². The number of ketones is 1. The Morgan fingerprint density at radius 1 is 1.16 bits per heavy atom. The third-order valence-electron chi connectivity index (χ3n) is 4.43. The first-order chi connectivity index (χ1) is 14.4. The molecule has 0 aromatic carbocycles. The van der Waals surface area contributed by atoms with Gasteiger partial charge in [0.15, 0.2) is 5.78 Å². The quantitative estimate of drug-likeness (QED) is 0.452. The van der Waals surface area contributed by atoms with Crippen molar-refractivity contribution in [2.24, 2.45) is 0 Å². The van der Waals surface area contributed by atoms with Crippen LogP contribution in [0.15, 0.2) is 35.4 Å². The molecular formula is C20H14B2ClF2N3O3. The first kappa shape index (κ1) is 22.7. The van der Waals surface area contributed by atoms with Crippen LogP contribution in [-0.4, -0.2) is 36.0 Å². The second kappa shape index (κ2) is 8.26. The maximum absolute atomic E-state index is 14.1. The lowest BCUT2D eigenvalue weighted by molar-refractivity contribution is 0.101. The van der Waals surface area contributed by atoms with Crippen LogP contribution in [0.3, 0.4) is 0 Å². The van der Waals surface area contributed by atoms with Crippen LogP contribution in [0.4, 0.5) is 8.78 Å². The molecule has 0 atom stereocenters. The molecule has 0 aliphatic heterocycles. The van der Waals surface area contributed by atoms with Crippen LogP contribution in [0.25, 0.3) is 5.69 Å². The van der Waals surface area contributed by atoms with Gasteiger partial charge in [-0.25, -0.2) is 8.78 Å². The van der Waals surface area contributed by atoms with Crippen molar-refractivity contribution in [1.82, 2.24) is 14.5 Å². The lowest BCUT2D eigenvalue weighted by Gasteiger charge is -2.28. The number of Topliss-reactive ketones (excluding diaryl/α,β-unsaturated/α-hetero) is 1. The number of carbonyl (C=O) groups excluding carboxylic acids is 1. The van der Waals surface area contributed by atoms with Gasteiger partial charge < -0.3 is 4.74 Å². The SMILES string of the molecule is [B]C([B])(Oc1cc(C)n(-c2cc(C(C)=O)ncc2C)c(=O)c1Cl)c1ncc(F)cc1F. The van der Waals surface area contributed by atoms with Gasteiger partial charge in [-0.2, -0.15) is 0 Å². The Morgan fingerprint density at radius 2 is 1.84 bits per heavy atom. The molecule has 0 N–H and O–H groups in total. The fourth-order valence-electron chi connectivity index (χ4n) is 2.93. The smallest absolute Gasteiger partial charge is 0.277 e. The maximum Gasteiger partial charge on any atom is 0.277 e. The molecule has 6 nitrogen and oxygen atoms in total. The minimum absolute atomic E-state index is 0.171. The molecule has 0 aliphatic carbocycles. The van der Waals surface area contributed by atoms with Crippen molar-refractivity contribution >= 4 is 33.1 Å². The van der Waals surface area contributed by atoms with Crippen molar-refractivity contribution in [2.45, 2.75) is 26.2 Å². The molecule has 11 heteroatoms. The van der Waals surface area contributed by atoms with Crippen LogP contribution in [0.2, 0.25) is 5.02 Å². The third-order valence-corrected chi connectivity index (χ3v) is 4.78. The van der Waals surface area contributed by atoms with Gasteiger partial charge in [-0.15, -0.1) is 0 Å². The van der Waals surface area contributed by atoms with E-state index in [4.69, 9.17) is 32.0 Å². The molecule has 3 aromatic heterocycles. The standard InChI is InChI=1S/C20H14B2ClF2N3O3/c1-9-7-26-14(11(3)29)6-15(9)28-10(2)4-16(17(23)19(28)30)31-20(21,22)18-13(25)5-12(24)8-27-18/h4-8H,1-3H3. The van der Waals surface area contributed by atoms with E-state index in [2.05, 4.69) is 9.97 Å². The van der Waals surface area contributed by atoms with E-state index in [0.717, 1.165) is 6.20 Å². The summed E-state index contributed by atoms with van der Waals surface area (Å²) in [7, 11) is 11.7. The largest absolute Gasteiger partial charge is 0.499 e. The van der Waals surface area contributed by atoms with Crippen molar-refractivity contribution in [3.8, 4) is 11.4 Å². The highest BCUT2D eigenvalue weighted by atomic mass is 35.5. The lowest BCUT2D eigenvalue weighted by atomic mass is 9.62. The fraction of sp³-hybridized carbons (Fsp3) is 0.200. The highest BCUT2D eigenvalue weighted by Gasteiger charge is 2.29. The van der Waals surface area contributed by atoms with Gasteiger partial charge in [0, 0.05) is 30.9 Å². The van der Waals surface area contributed by atoms with Crippen molar-refractivity contribution in [2.75, 3.05) is 0 Å². The summed E-state index contributed by atoms with van der Waals surface area (Å²) >= 11 is 6.21. The first-order valence-electron chi connectivity index (χ1n) is 8.90. The summed E-state index contributed by atoms with van der Waals surface area (Å²) in [6.07, 6.45) is 2.18. The number of rotatable bonds is 5. The van der Waals surface area contributed by atoms with Gasteiger partial charge in [-0.05, 0) is 25.5 Å². The zero-order valence-corrected chi connectivity index (χ0v) is 17.5. The number of ether oxygens (including phenoxy) is 1. The minimum atomic E-state index is -2.35. The third kappa shape index (κ3) is 4.39. The van der Waals surface area contributed by atoms with E-state index in [1.54, 1.807) is 13.8 Å². The first-order valence-corrected chi connectivity index (χ1v) is 9.28. The van der Waals surface area contributed by atoms with Crippen LogP contribution in [0.1, 0.15) is 34.4 Å². The van der Waals surface area contributed by atoms with Gasteiger partial charge in [-0.3, -0.25) is 24.1 Å². The Balaban J connectivity index is 2.10. The maximum atomic E-state index is 14.1. The summed E-state index contributed by atoms with van der Waals surface area (Å²) in [5, 5.41) is -2.74. The normalized spacial score (nSPS) is 11.4. The molecular weight excluding hydrogens is 425 g/mol. The van der Waals surface area contributed by atoms with Gasteiger partial charge >= 0.3 is 0 Å². The number of hydrogen-bond acceptors (Lipinski definition) is 5. The van der Waals surface area contributed by atoms with Crippen LogP contribution < -0.4 is 10.3 Å². The number of carbonyl (C=O) groups is 1. The van der Waals surface area contributed by atoms with Crippen LogP contribution in [0.5, 0.6) is 5.75 Å². The van der Waals surface area contributed by atoms with Crippen LogP contribution in [0, 0.1) is 25.5 Å².